The molecule has 5 rings (SSSR count). The largest absolute Gasteiger partial charge is 0.459 e. The molecule has 3 aliphatic heterocycles. The number of hydrogen-bond acceptors (Lipinski definition) is 6. The number of rotatable bonds is 4. The van der Waals surface area contributed by atoms with Crippen molar-refractivity contribution in [1.29, 1.82) is 0 Å². The van der Waals surface area contributed by atoms with Crippen molar-refractivity contribution >= 4 is 45.6 Å². The number of morpholine rings is 1. The van der Waals surface area contributed by atoms with E-state index in [9.17, 15) is 9.90 Å². The second-order valence-corrected chi connectivity index (χ2v) is 9.89. The molecule has 0 spiro atoms. The summed E-state index contributed by atoms with van der Waals surface area (Å²) in [6, 6.07) is 8.01. The lowest BCUT2D eigenvalue weighted by atomic mass is 9.95. The van der Waals surface area contributed by atoms with E-state index in [1.54, 1.807) is 12.1 Å². The Morgan fingerprint density at radius 2 is 1.67 bits per heavy atom. The average Bonchev–Trinajstić information content (AvgIpc) is 2.98. The van der Waals surface area contributed by atoms with Crippen LogP contribution in [0.5, 0.6) is 0 Å². The Bertz CT molecular complexity index is 769. The molecule has 3 saturated heterocycles. The number of piperidine rings is 1. The maximum Gasteiger partial charge on any atom is 0.349 e. The molecule has 146 valence electrons. The second-order valence-electron chi connectivity index (χ2n) is 7.99. The van der Waals surface area contributed by atoms with Crippen LogP contribution in [0.2, 0.25) is 0 Å². The summed E-state index contributed by atoms with van der Waals surface area (Å²) in [7, 11) is 4.49. The lowest BCUT2D eigenvalue weighted by Gasteiger charge is -2.45. The Labute approximate surface area is 176 Å². The highest BCUT2D eigenvalue weighted by atomic mass is 79.9. The molecule has 0 radical (unpaired) electrons. The van der Waals surface area contributed by atoms with Gasteiger partial charge < -0.3 is 19.1 Å². The van der Waals surface area contributed by atoms with Gasteiger partial charge in [0.05, 0.1) is 23.8 Å². The van der Waals surface area contributed by atoms with Gasteiger partial charge in [0.25, 0.3) is 0 Å². The number of likely N-dealkylation sites (N-methyl/N-ethyl adjacent to an activating group) is 1. The van der Waals surface area contributed by atoms with Crippen LogP contribution in [0.3, 0.4) is 0 Å². The van der Waals surface area contributed by atoms with Gasteiger partial charge in [-0.15, -0.1) is 39.7 Å². The summed E-state index contributed by atoms with van der Waals surface area (Å²) in [5.74, 6) is -0.561. The third-order valence-corrected chi connectivity index (χ3v) is 8.32. The summed E-state index contributed by atoms with van der Waals surface area (Å²) in [5, 5.41) is 15.1. The number of aliphatic hydroxyl groups is 1. The first-order valence-corrected chi connectivity index (χ1v) is 10.7. The first-order valence-electron chi connectivity index (χ1n) is 8.92. The second kappa shape index (κ2) is 6.64. The van der Waals surface area contributed by atoms with Crippen molar-refractivity contribution in [3.63, 3.8) is 0 Å². The molecule has 0 aromatic carbocycles. The van der Waals surface area contributed by atoms with E-state index in [2.05, 4.69) is 14.1 Å². The molecule has 2 aromatic rings. The van der Waals surface area contributed by atoms with Crippen molar-refractivity contribution in [2.45, 2.75) is 48.8 Å². The quantitative estimate of drug-likeness (QED) is 0.422. The highest BCUT2D eigenvalue weighted by molar-refractivity contribution is 8.93. The van der Waals surface area contributed by atoms with Crippen molar-refractivity contribution in [3.8, 4) is 0 Å². The Balaban J connectivity index is 0.00000180. The van der Waals surface area contributed by atoms with Crippen LogP contribution in [0, 0.1) is 0 Å². The van der Waals surface area contributed by atoms with Crippen molar-refractivity contribution in [2.75, 3.05) is 14.1 Å². The van der Waals surface area contributed by atoms with Gasteiger partial charge in [-0.05, 0) is 22.9 Å². The molecule has 0 saturated carbocycles. The molecule has 0 aliphatic carbocycles. The maximum atomic E-state index is 13.1. The number of halogens is 1. The van der Waals surface area contributed by atoms with Crippen molar-refractivity contribution in [3.05, 3.63) is 44.8 Å². The van der Waals surface area contributed by atoms with Crippen LogP contribution >= 0.6 is 39.7 Å². The molecule has 3 aliphatic rings. The number of ether oxygens (including phenoxy) is 2. The SMILES string of the molecule is Br.C[N+]1(C)[C@@H]2CC(OC(=O)C(O)(c3cccs3)c3cccs3)C[C@H]1[C@@H]1O[C@@H]12. The molecule has 5 nitrogen and oxygen atoms in total. The monoisotopic (exact) mass is 472 g/mol. The summed E-state index contributed by atoms with van der Waals surface area (Å²) in [6.45, 7) is 0. The van der Waals surface area contributed by atoms with Crippen LogP contribution in [0.4, 0.5) is 0 Å². The van der Waals surface area contributed by atoms with Gasteiger partial charge in [-0.3, -0.25) is 0 Å². The maximum absolute atomic E-state index is 13.1. The van der Waals surface area contributed by atoms with E-state index in [1.165, 1.54) is 22.7 Å². The van der Waals surface area contributed by atoms with Gasteiger partial charge in [-0.1, -0.05) is 12.1 Å². The van der Waals surface area contributed by atoms with Crippen LogP contribution in [0.1, 0.15) is 22.6 Å². The zero-order valence-electron chi connectivity index (χ0n) is 15.1. The Hall–Kier alpha value is -0.770. The van der Waals surface area contributed by atoms with Gasteiger partial charge in [0.15, 0.2) is 0 Å². The third-order valence-electron chi connectivity index (χ3n) is 6.36. The summed E-state index contributed by atoms with van der Waals surface area (Å²) in [5.41, 5.74) is -1.72. The Morgan fingerprint density at radius 3 is 2.11 bits per heavy atom. The first-order chi connectivity index (χ1) is 12.4. The summed E-state index contributed by atoms with van der Waals surface area (Å²) < 4.78 is 12.6. The molecule has 5 atom stereocenters. The predicted octanol–water partition coefficient (Wildman–Crippen LogP) is 2.92. The summed E-state index contributed by atoms with van der Waals surface area (Å²) in [4.78, 5) is 14.3. The summed E-state index contributed by atoms with van der Waals surface area (Å²) >= 11 is 2.74. The van der Waals surface area contributed by atoms with Crippen molar-refractivity contribution < 1.29 is 23.9 Å². The van der Waals surface area contributed by atoms with E-state index in [0.717, 1.165) is 17.3 Å². The minimum Gasteiger partial charge on any atom is -0.459 e. The molecule has 5 heterocycles. The van der Waals surface area contributed by atoms with Crippen molar-refractivity contribution in [2.24, 2.45) is 0 Å². The fourth-order valence-electron chi connectivity index (χ4n) is 4.83. The van der Waals surface area contributed by atoms with Gasteiger partial charge in [0.2, 0.25) is 5.60 Å². The topological polar surface area (TPSA) is 59.1 Å². The molecular formula is C19H23BrNO4S2+. The van der Waals surface area contributed by atoms with Gasteiger partial charge in [0, 0.05) is 12.8 Å². The highest BCUT2D eigenvalue weighted by Crippen LogP contribution is 2.52. The van der Waals surface area contributed by atoms with Gasteiger partial charge in [0.1, 0.15) is 30.4 Å². The molecule has 27 heavy (non-hydrogen) atoms. The number of thiophene rings is 2. The predicted molar refractivity (Wildman–Crippen MR) is 109 cm³/mol. The van der Waals surface area contributed by atoms with E-state index in [1.807, 2.05) is 22.9 Å². The number of quaternary nitrogens is 1. The van der Waals surface area contributed by atoms with Gasteiger partial charge in [-0.25, -0.2) is 4.79 Å². The number of hydrogen-bond donors (Lipinski definition) is 1. The van der Waals surface area contributed by atoms with Crippen LogP contribution in [0.25, 0.3) is 0 Å². The fraction of sp³-hybridized carbons (Fsp3) is 0.526. The van der Waals surface area contributed by atoms with Gasteiger partial charge >= 0.3 is 5.97 Å². The van der Waals surface area contributed by atoms with E-state index < -0.39 is 11.6 Å². The van der Waals surface area contributed by atoms with Crippen LogP contribution < -0.4 is 0 Å². The van der Waals surface area contributed by atoms with Crippen LogP contribution in [-0.4, -0.2) is 60.0 Å². The lowest BCUT2D eigenvalue weighted by Crippen LogP contribution is -2.60. The molecule has 1 unspecified atom stereocenters. The van der Waals surface area contributed by atoms with Crippen LogP contribution in [0.15, 0.2) is 35.0 Å². The molecule has 1 N–H and O–H groups in total. The molecule has 8 heteroatoms. The first kappa shape index (κ1) is 19.5. The van der Waals surface area contributed by atoms with E-state index in [4.69, 9.17) is 9.47 Å². The van der Waals surface area contributed by atoms with Crippen LogP contribution in [-0.2, 0) is 19.9 Å². The number of carbonyl (C=O) groups is 1. The summed E-state index contributed by atoms with van der Waals surface area (Å²) in [6.07, 6.45) is 2.05. The zero-order valence-corrected chi connectivity index (χ0v) is 18.5. The molecule has 2 bridgehead atoms. The van der Waals surface area contributed by atoms with E-state index in [0.29, 0.717) is 34.0 Å². The molecule has 3 fully saturated rings. The van der Waals surface area contributed by atoms with Gasteiger partial charge in [-0.2, -0.15) is 0 Å². The normalized spacial score (nSPS) is 33.1. The Morgan fingerprint density at radius 1 is 1.15 bits per heavy atom. The Kier molecular flexibility index (Phi) is 4.81. The number of carbonyl (C=O) groups excluding carboxylic acids is 1. The van der Waals surface area contributed by atoms with E-state index >= 15 is 0 Å². The third kappa shape index (κ3) is 2.84. The number of fused-ring (bicyclic) bond motifs is 5. The lowest BCUT2D eigenvalue weighted by molar-refractivity contribution is -0.938. The minimum atomic E-state index is -1.72. The minimum absolute atomic E-state index is 0. The van der Waals surface area contributed by atoms with Crippen molar-refractivity contribution in [1.82, 2.24) is 0 Å². The molecular weight excluding hydrogens is 450 g/mol. The number of epoxide rings is 1. The number of nitrogens with zero attached hydrogens (tertiary/aromatic N) is 1. The fourth-order valence-corrected chi connectivity index (χ4v) is 6.54. The number of esters is 1. The molecule has 0 amide bonds. The average molecular weight is 473 g/mol. The smallest absolute Gasteiger partial charge is 0.349 e. The standard InChI is InChI=1S/C19H22NO4S2.BrH/c1-20(2)12-9-11(10-13(20)17-16(12)24-17)23-18(21)19(22,14-5-3-7-25-14)15-6-4-8-26-15;/h3-8,11-13,16-17,22H,9-10H2,1-2H3;1H/q+1;/t11?,12-,13+,16-,17+;. The highest BCUT2D eigenvalue weighted by Gasteiger charge is 2.71. The zero-order chi connectivity index (χ0) is 18.1. The molecule has 2 aromatic heterocycles. The van der Waals surface area contributed by atoms with E-state index in [-0.39, 0.29) is 23.1 Å².